The van der Waals surface area contributed by atoms with Crippen LogP contribution in [0.5, 0.6) is 0 Å². The van der Waals surface area contributed by atoms with Crippen molar-refractivity contribution < 1.29 is 0 Å². The summed E-state index contributed by atoms with van der Waals surface area (Å²) in [5.74, 6) is 2.11. The van der Waals surface area contributed by atoms with Crippen LogP contribution >= 0.6 is 23.5 Å². The maximum absolute atomic E-state index is 4.34. The lowest BCUT2D eigenvalue weighted by atomic mass is 10.4. The van der Waals surface area contributed by atoms with Crippen LogP contribution in [0.15, 0.2) is 22.1 Å². The number of rotatable bonds is 5. The van der Waals surface area contributed by atoms with Crippen LogP contribution in [0.4, 0.5) is 0 Å². The fourth-order valence-electron chi connectivity index (χ4n) is 1.48. The summed E-state index contributed by atoms with van der Waals surface area (Å²) in [4.78, 5) is 8.67. The summed E-state index contributed by atoms with van der Waals surface area (Å²) in [7, 11) is 0. The molecule has 0 amide bonds. The van der Waals surface area contributed by atoms with E-state index in [0.29, 0.717) is 0 Å². The van der Waals surface area contributed by atoms with Crippen molar-refractivity contribution in [3.63, 3.8) is 0 Å². The van der Waals surface area contributed by atoms with Crippen molar-refractivity contribution in [1.29, 1.82) is 0 Å². The quantitative estimate of drug-likeness (QED) is 0.584. The molecule has 17 heavy (non-hydrogen) atoms. The first kappa shape index (κ1) is 12.8. The molecule has 0 radical (unpaired) electrons. The Morgan fingerprint density at radius 3 is 2.35 bits per heavy atom. The van der Waals surface area contributed by atoms with Gasteiger partial charge < -0.3 is 10.6 Å². The number of allylic oxidation sites excluding steroid dienone is 1. The zero-order valence-electron chi connectivity index (χ0n) is 9.82. The Bertz CT molecular complexity index is 325. The molecule has 2 aliphatic heterocycles. The van der Waals surface area contributed by atoms with E-state index in [2.05, 4.69) is 32.8 Å². The van der Waals surface area contributed by atoms with Crippen molar-refractivity contribution in [2.24, 2.45) is 9.98 Å². The molecule has 0 saturated carbocycles. The highest BCUT2D eigenvalue weighted by Crippen LogP contribution is 2.08. The molecule has 4 nitrogen and oxygen atoms in total. The Morgan fingerprint density at radius 2 is 1.71 bits per heavy atom. The van der Waals surface area contributed by atoms with Gasteiger partial charge >= 0.3 is 0 Å². The number of nitrogens with zero attached hydrogens (tertiary/aromatic N) is 2. The van der Waals surface area contributed by atoms with Crippen LogP contribution in [0.25, 0.3) is 0 Å². The van der Waals surface area contributed by atoms with Crippen LogP contribution in [-0.2, 0) is 0 Å². The highest BCUT2D eigenvalue weighted by molar-refractivity contribution is 8.14. The molecule has 6 heteroatoms. The Labute approximate surface area is 111 Å². The lowest BCUT2D eigenvalue weighted by molar-refractivity contribution is 0.963. The van der Waals surface area contributed by atoms with E-state index in [1.165, 1.54) is 0 Å². The van der Waals surface area contributed by atoms with Crippen LogP contribution in [0.3, 0.4) is 0 Å². The van der Waals surface area contributed by atoms with Gasteiger partial charge in [0.1, 0.15) is 0 Å². The second-order valence-corrected chi connectivity index (χ2v) is 5.74. The lowest BCUT2D eigenvalue weighted by Crippen LogP contribution is -2.15. The number of aliphatic imine (C=N–C) groups is 2. The summed E-state index contributed by atoms with van der Waals surface area (Å²) in [6, 6.07) is 0. The molecule has 94 valence electrons. The van der Waals surface area contributed by atoms with E-state index in [0.717, 1.165) is 54.4 Å². The summed E-state index contributed by atoms with van der Waals surface area (Å²) in [5.41, 5.74) is 0. The highest BCUT2D eigenvalue weighted by atomic mass is 32.2. The molecule has 0 fully saturated rings. The smallest absolute Gasteiger partial charge is 0.156 e. The summed E-state index contributed by atoms with van der Waals surface area (Å²) in [6.07, 6.45) is 5.56. The van der Waals surface area contributed by atoms with Crippen LogP contribution in [0.1, 0.15) is 6.42 Å². The number of amidine groups is 2. The van der Waals surface area contributed by atoms with Gasteiger partial charge in [-0.15, -0.1) is 0 Å². The molecule has 2 N–H and O–H groups in total. The lowest BCUT2D eigenvalue weighted by Gasteiger charge is -1.99. The largest absolute Gasteiger partial charge is 0.363 e. The molecule has 0 atom stereocenters. The summed E-state index contributed by atoms with van der Waals surface area (Å²) in [5, 5.41) is 8.70. The monoisotopic (exact) mass is 270 g/mol. The molecule has 0 aromatic rings. The minimum atomic E-state index is 0.928. The van der Waals surface area contributed by atoms with Gasteiger partial charge in [-0.05, 0) is 6.42 Å². The first-order valence-electron chi connectivity index (χ1n) is 5.92. The SMILES string of the molecule is C(=CCSC1=NCCN1)CCSC1=NCCN1. The number of nitrogens with one attached hydrogen (secondary N) is 2. The fraction of sp³-hybridized carbons (Fsp3) is 0.636. The maximum Gasteiger partial charge on any atom is 0.156 e. The van der Waals surface area contributed by atoms with Crippen molar-refractivity contribution >= 4 is 33.9 Å². The second-order valence-electron chi connectivity index (χ2n) is 3.65. The third kappa shape index (κ3) is 5.04. The summed E-state index contributed by atoms with van der Waals surface area (Å²) < 4.78 is 0. The summed E-state index contributed by atoms with van der Waals surface area (Å²) >= 11 is 3.59. The standard InChI is InChI=1S/C11H18N4S2/c1(2-8-16-10-12-4-5-13-10)3-9-17-11-14-6-7-15-11/h1-2H,3-9H2,(H,12,13)(H,14,15). The van der Waals surface area contributed by atoms with E-state index < -0.39 is 0 Å². The number of thioether (sulfide) groups is 2. The average Bonchev–Trinajstić information content (AvgIpc) is 3.00. The topological polar surface area (TPSA) is 48.8 Å². The predicted octanol–water partition coefficient (Wildman–Crippen LogP) is 1.32. The molecule has 0 bridgehead atoms. The van der Waals surface area contributed by atoms with Crippen LogP contribution in [0.2, 0.25) is 0 Å². The molecular weight excluding hydrogens is 252 g/mol. The summed E-state index contributed by atoms with van der Waals surface area (Å²) in [6.45, 7) is 3.86. The molecule has 2 rings (SSSR count). The Morgan fingerprint density at radius 1 is 1.00 bits per heavy atom. The molecular formula is C11H18N4S2. The van der Waals surface area contributed by atoms with Crippen molar-refractivity contribution in [2.45, 2.75) is 6.42 Å². The molecule has 0 aliphatic carbocycles. The van der Waals surface area contributed by atoms with E-state index in [1.807, 2.05) is 11.8 Å². The predicted molar refractivity (Wildman–Crippen MR) is 79.3 cm³/mol. The van der Waals surface area contributed by atoms with E-state index in [9.17, 15) is 0 Å². The first-order valence-corrected chi connectivity index (χ1v) is 7.89. The van der Waals surface area contributed by atoms with E-state index in [-0.39, 0.29) is 0 Å². The van der Waals surface area contributed by atoms with E-state index in [1.54, 1.807) is 11.8 Å². The van der Waals surface area contributed by atoms with Crippen LogP contribution < -0.4 is 10.6 Å². The van der Waals surface area contributed by atoms with Gasteiger partial charge in [-0.1, -0.05) is 35.7 Å². The van der Waals surface area contributed by atoms with Crippen molar-refractivity contribution in [1.82, 2.24) is 10.6 Å². The average molecular weight is 270 g/mol. The minimum absolute atomic E-state index is 0.928. The van der Waals surface area contributed by atoms with Gasteiger partial charge in [-0.3, -0.25) is 9.98 Å². The van der Waals surface area contributed by atoms with E-state index in [4.69, 9.17) is 0 Å². The van der Waals surface area contributed by atoms with Crippen molar-refractivity contribution in [2.75, 3.05) is 37.7 Å². The van der Waals surface area contributed by atoms with Crippen LogP contribution in [0, 0.1) is 0 Å². The number of hydrogen-bond donors (Lipinski definition) is 2. The third-order valence-electron chi connectivity index (χ3n) is 2.29. The molecule has 0 aromatic heterocycles. The zero-order valence-corrected chi connectivity index (χ0v) is 11.4. The molecule has 0 unspecified atom stereocenters. The van der Waals surface area contributed by atoms with Gasteiger partial charge in [0.15, 0.2) is 10.3 Å². The van der Waals surface area contributed by atoms with Gasteiger partial charge in [0.2, 0.25) is 0 Å². The Kier molecular flexibility index (Phi) is 5.78. The minimum Gasteiger partial charge on any atom is -0.363 e. The molecule has 0 aromatic carbocycles. The third-order valence-corrected chi connectivity index (χ3v) is 4.19. The van der Waals surface area contributed by atoms with Crippen LogP contribution in [-0.4, -0.2) is 48.0 Å². The van der Waals surface area contributed by atoms with Gasteiger partial charge in [0.25, 0.3) is 0 Å². The second kappa shape index (κ2) is 7.66. The molecule has 2 heterocycles. The molecule has 2 aliphatic rings. The Hall–Kier alpha value is -0.620. The maximum atomic E-state index is 4.34. The van der Waals surface area contributed by atoms with Gasteiger partial charge in [0, 0.05) is 24.6 Å². The van der Waals surface area contributed by atoms with Crippen molar-refractivity contribution in [3.05, 3.63) is 12.2 Å². The van der Waals surface area contributed by atoms with Gasteiger partial charge in [-0.2, -0.15) is 0 Å². The van der Waals surface area contributed by atoms with Gasteiger partial charge in [0.05, 0.1) is 13.1 Å². The Balaban J connectivity index is 1.47. The van der Waals surface area contributed by atoms with Gasteiger partial charge in [-0.25, -0.2) is 0 Å². The van der Waals surface area contributed by atoms with Crippen molar-refractivity contribution in [3.8, 4) is 0 Å². The molecule has 0 saturated heterocycles. The molecule has 0 spiro atoms. The zero-order chi connectivity index (χ0) is 11.8. The van der Waals surface area contributed by atoms with E-state index >= 15 is 0 Å². The normalized spacial score (nSPS) is 19.1. The number of hydrogen-bond acceptors (Lipinski definition) is 6. The fourth-order valence-corrected chi connectivity index (χ4v) is 3.09. The first-order chi connectivity index (χ1) is 8.45. The highest BCUT2D eigenvalue weighted by Gasteiger charge is 2.04.